The van der Waals surface area contributed by atoms with E-state index in [9.17, 15) is 38.2 Å². The predicted octanol–water partition coefficient (Wildman–Crippen LogP) is 2.72. The van der Waals surface area contributed by atoms with Crippen LogP contribution in [0, 0.1) is 5.92 Å². The fourth-order valence-corrected chi connectivity index (χ4v) is 4.48. The van der Waals surface area contributed by atoms with Gasteiger partial charge in [-0.1, -0.05) is 12.2 Å². The minimum Gasteiger partial charge on any atom is -0.479 e. The fraction of sp³-hybridized carbons (Fsp3) is 0.680. The van der Waals surface area contributed by atoms with E-state index in [0.29, 0.717) is 0 Å². The topological polar surface area (TPSA) is 145 Å². The van der Waals surface area contributed by atoms with Crippen LogP contribution in [0.3, 0.4) is 0 Å². The van der Waals surface area contributed by atoms with Crippen molar-refractivity contribution in [2.24, 2.45) is 5.92 Å². The minimum absolute atomic E-state index is 0.0345. The smallest absolute Gasteiger partial charge is 0.408 e. The molecule has 4 atom stereocenters. The summed E-state index contributed by atoms with van der Waals surface area (Å²) < 4.78 is 33.7. The number of carboxylic acid groups (broad SMARTS) is 1. The van der Waals surface area contributed by atoms with Gasteiger partial charge in [0, 0.05) is 31.7 Å². The largest absolute Gasteiger partial charge is 0.479 e. The molecular formula is C25H37F2N3O7. The van der Waals surface area contributed by atoms with Gasteiger partial charge in [0.2, 0.25) is 17.6 Å². The zero-order chi connectivity index (χ0) is 28.2. The number of aliphatic hydroxyl groups is 1. The van der Waals surface area contributed by atoms with E-state index in [1.165, 1.54) is 12.2 Å². The highest BCUT2D eigenvalue weighted by Crippen LogP contribution is 2.51. The number of aliphatic carboxylic acids is 1. The summed E-state index contributed by atoms with van der Waals surface area (Å²) in [5, 5.41) is 25.6. The van der Waals surface area contributed by atoms with Crippen molar-refractivity contribution < 1.29 is 42.9 Å². The van der Waals surface area contributed by atoms with Crippen LogP contribution in [-0.4, -0.2) is 74.4 Å². The molecule has 2 rings (SSSR count). The number of ether oxygens (including phenoxy) is 1. The van der Waals surface area contributed by atoms with E-state index in [1.54, 1.807) is 20.8 Å². The van der Waals surface area contributed by atoms with Gasteiger partial charge in [0.1, 0.15) is 17.2 Å². The lowest BCUT2D eigenvalue weighted by Crippen LogP contribution is -2.63. The van der Waals surface area contributed by atoms with Gasteiger partial charge < -0.3 is 30.5 Å². The summed E-state index contributed by atoms with van der Waals surface area (Å²) >= 11 is 0. The van der Waals surface area contributed by atoms with E-state index < -0.39 is 71.5 Å². The Bertz CT molecular complexity index is 936. The van der Waals surface area contributed by atoms with Crippen LogP contribution < -0.4 is 10.6 Å². The normalized spacial score (nSPS) is 26.1. The third-order valence-corrected chi connectivity index (χ3v) is 6.46. The molecule has 3 amide bonds. The Morgan fingerprint density at radius 1 is 1.22 bits per heavy atom. The van der Waals surface area contributed by atoms with E-state index in [2.05, 4.69) is 23.8 Å². The average molecular weight is 530 g/mol. The van der Waals surface area contributed by atoms with Gasteiger partial charge >= 0.3 is 12.1 Å². The fourth-order valence-electron chi connectivity index (χ4n) is 4.48. The number of halogens is 2. The molecule has 2 fully saturated rings. The number of allylic oxidation sites excluding steroid dienone is 1. The number of amides is 3. The molecule has 12 heteroatoms. The van der Waals surface area contributed by atoms with Gasteiger partial charge in [-0.3, -0.25) is 9.59 Å². The number of alkyl carbamates (subject to hydrolysis) is 1. The number of rotatable bonds is 12. The Hall–Kier alpha value is -3.02. The molecule has 1 heterocycles. The number of nitrogens with zero attached hydrogens (tertiary/aromatic N) is 1. The van der Waals surface area contributed by atoms with E-state index in [1.807, 2.05) is 0 Å². The molecule has 0 aromatic carbocycles. The lowest BCUT2D eigenvalue weighted by Gasteiger charge is -2.35. The molecule has 10 nitrogen and oxygen atoms in total. The maximum absolute atomic E-state index is 14.2. The summed E-state index contributed by atoms with van der Waals surface area (Å²) in [6.45, 7) is 11.8. The Kier molecular flexibility index (Phi) is 9.11. The summed E-state index contributed by atoms with van der Waals surface area (Å²) in [5.74, 6) is -7.68. The first-order valence-electron chi connectivity index (χ1n) is 12.2. The molecule has 1 aliphatic heterocycles. The van der Waals surface area contributed by atoms with Crippen LogP contribution in [0.5, 0.6) is 0 Å². The summed E-state index contributed by atoms with van der Waals surface area (Å²) in [5.41, 5.74) is -5.24. The van der Waals surface area contributed by atoms with Gasteiger partial charge in [0.25, 0.3) is 5.91 Å². The number of carbonyl (C=O) groups is 4. The molecule has 4 N–H and O–H groups in total. The Morgan fingerprint density at radius 2 is 1.86 bits per heavy atom. The van der Waals surface area contributed by atoms with Gasteiger partial charge in [-0.05, 0) is 46.5 Å². The van der Waals surface area contributed by atoms with Crippen molar-refractivity contribution in [3.63, 3.8) is 0 Å². The monoisotopic (exact) mass is 529 g/mol. The van der Waals surface area contributed by atoms with Crippen LogP contribution in [0.4, 0.5) is 13.6 Å². The molecule has 1 saturated heterocycles. The zero-order valence-corrected chi connectivity index (χ0v) is 21.5. The molecule has 0 aromatic heterocycles. The van der Waals surface area contributed by atoms with Crippen molar-refractivity contribution in [2.45, 2.75) is 94.5 Å². The third kappa shape index (κ3) is 7.27. The first-order valence-corrected chi connectivity index (χ1v) is 12.2. The molecule has 0 aromatic rings. The van der Waals surface area contributed by atoms with Crippen LogP contribution in [-0.2, 0) is 19.1 Å². The van der Waals surface area contributed by atoms with E-state index >= 15 is 0 Å². The molecule has 2 unspecified atom stereocenters. The summed E-state index contributed by atoms with van der Waals surface area (Å²) in [4.78, 5) is 51.5. The molecule has 37 heavy (non-hydrogen) atoms. The second kappa shape index (κ2) is 11.2. The molecule has 208 valence electrons. The second-order valence-electron chi connectivity index (χ2n) is 10.7. The molecule has 1 aliphatic carbocycles. The van der Waals surface area contributed by atoms with E-state index in [0.717, 1.165) is 4.90 Å². The quantitative estimate of drug-likeness (QED) is 0.285. The number of likely N-dealkylation sites (tertiary alicyclic amines) is 1. The van der Waals surface area contributed by atoms with Crippen molar-refractivity contribution in [1.82, 2.24) is 15.5 Å². The number of hydrogen-bond acceptors (Lipinski definition) is 6. The lowest BCUT2D eigenvalue weighted by atomic mass is 10.0. The highest BCUT2D eigenvalue weighted by molar-refractivity contribution is 5.97. The number of nitrogens with one attached hydrogen (secondary N) is 2. The van der Waals surface area contributed by atoms with E-state index in [-0.39, 0.29) is 38.6 Å². The highest BCUT2D eigenvalue weighted by atomic mass is 19.3. The van der Waals surface area contributed by atoms with Crippen molar-refractivity contribution in [3.05, 3.63) is 25.3 Å². The van der Waals surface area contributed by atoms with Gasteiger partial charge in [-0.25, -0.2) is 18.4 Å². The van der Waals surface area contributed by atoms with Crippen molar-refractivity contribution in [1.29, 1.82) is 0 Å². The number of hydrogen-bond donors (Lipinski definition) is 4. The maximum atomic E-state index is 14.2. The summed E-state index contributed by atoms with van der Waals surface area (Å²) in [6.07, 6.45) is 0.359. The van der Waals surface area contributed by atoms with Gasteiger partial charge in [0.15, 0.2) is 0 Å². The average Bonchev–Trinajstić information content (AvgIpc) is 3.28. The first-order chi connectivity index (χ1) is 17.0. The predicted molar refractivity (Wildman–Crippen MR) is 129 cm³/mol. The molecule has 0 bridgehead atoms. The van der Waals surface area contributed by atoms with Crippen LogP contribution >= 0.6 is 0 Å². The summed E-state index contributed by atoms with van der Waals surface area (Å²) in [6, 6.07) is -1.21. The molecular weight excluding hydrogens is 492 g/mol. The number of carbonyl (C=O) groups excluding carboxylic acids is 3. The molecule has 0 spiro atoms. The van der Waals surface area contributed by atoms with Crippen LogP contribution in [0.15, 0.2) is 25.3 Å². The van der Waals surface area contributed by atoms with Gasteiger partial charge in [-0.15, -0.1) is 13.2 Å². The van der Waals surface area contributed by atoms with Crippen LogP contribution in [0.1, 0.15) is 65.7 Å². The second-order valence-corrected chi connectivity index (χ2v) is 10.7. The molecule has 2 aliphatic rings. The van der Waals surface area contributed by atoms with Crippen molar-refractivity contribution in [2.75, 3.05) is 6.54 Å². The zero-order valence-electron chi connectivity index (χ0n) is 21.5. The summed E-state index contributed by atoms with van der Waals surface area (Å²) in [7, 11) is 0. The highest BCUT2D eigenvalue weighted by Gasteiger charge is 2.65. The standard InChI is InChI=1S/C25H37F2N3O7/c1-6-8-11-23(26,27)14-16-15-24(16,20(33)34)29-19(32)25(36)12-9-13-30(25)18(31)17(10-7-2)28-21(35)37-22(3,4)5/h6-7,16-17,36H,1-2,8-15H2,3-5H3,(H,28,35)(H,29,32)(H,33,34)/t16?,17-,24?,25-/m0/s1. The Morgan fingerprint density at radius 3 is 2.41 bits per heavy atom. The SMILES string of the molecule is C=CCCC(F)(F)CC1CC1(NC(=O)[C@@]1(O)CCCN1C(=O)[C@H](CC=C)NC(=O)OC(C)(C)C)C(=O)O. The van der Waals surface area contributed by atoms with Crippen molar-refractivity contribution in [3.8, 4) is 0 Å². The van der Waals surface area contributed by atoms with Gasteiger partial charge in [0.05, 0.1) is 0 Å². The maximum Gasteiger partial charge on any atom is 0.408 e. The number of alkyl halides is 2. The van der Waals surface area contributed by atoms with Crippen LogP contribution in [0.2, 0.25) is 0 Å². The van der Waals surface area contributed by atoms with Crippen LogP contribution in [0.25, 0.3) is 0 Å². The third-order valence-electron chi connectivity index (χ3n) is 6.46. The molecule has 0 radical (unpaired) electrons. The Balaban J connectivity index is 2.18. The number of carboxylic acids is 1. The first kappa shape index (κ1) is 30.2. The Labute approximate surface area is 215 Å². The molecule has 1 saturated carbocycles. The van der Waals surface area contributed by atoms with Crippen molar-refractivity contribution >= 4 is 23.9 Å². The van der Waals surface area contributed by atoms with E-state index in [4.69, 9.17) is 4.74 Å². The lowest BCUT2D eigenvalue weighted by molar-refractivity contribution is -0.171. The van der Waals surface area contributed by atoms with Gasteiger partial charge in [-0.2, -0.15) is 0 Å². The minimum atomic E-state index is -3.15.